The number of benzene rings is 1. The summed E-state index contributed by atoms with van der Waals surface area (Å²) in [6, 6.07) is 17.7. The first kappa shape index (κ1) is 19.0. The Bertz CT molecular complexity index is 1090. The molecule has 0 saturated heterocycles. The third-order valence-corrected chi connectivity index (χ3v) is 5.66. The number of amides is 1. The van der Waals surface area contributed by atoms with Crippen molar-refractivity contribution >= 4 is 17.2 Å². The van der Waals surface area contributed by atoms with E-state index < -0.39 is 0 Å². The predicted molar refractivity (Wildman–Crippen MR) is 114 cm³/mol. The van der Waals surface area contributed by atoms with Crippen molar-refractivity contribution in [3.05, 3.63) is 88.8 Å². The van der Waals surface area contributed by atoms with Gasteiger partial charge in [-0.3, -0.25) is 14.5 Å². The highest BCUT2D eigenvalue weighted by atomic mass is 32.1. The number of aryl methyl sites for hydroxylation is 3. The fourth-order valence-corrected chi connectivity index (χ4v) is 3.90. The lowest BCUT2D eigenvalue weighted by molar-refractivity contribution is 0.0954. The Balaban J connectivity index is 1.41. The van der Waals surface area contributed by atoms with Crippen LogP contribution in [0.2, 0.25) is 0 Å². The summed E-state index contributed by atoms with van der Waals surface area (Å²) in [7, 11) is 0. The molecule has 3 aromatic heterocycles. The Morgan fingerprint density at radius 1 is 1.10 bits per heavy atom. The van der Waals surface area contributed by atoms with Crippen molar-refractivity contribution in [2.45, 2.75) is 26.4 Å². The van der Waals surface area contributed by atoms with Crippen molar-refractivity contribution in [1.82, 2.24) is 25.1 Å². The van der Waals surface area contributed by atoms with Gasteiger partial charge in [0.25, 0.3) is 5.91 Å². The second kappa shape index (κ2) is 8.79. The van der Waals surface area contributed by atoms with Crippen LogP contribution in [0.5, 0.6) is 0 Å². The summed E-state index contributed by atoms with van der Waals surface area (Å²) in [4.78, 5) is 22.1. The molecule has 0 bridgehead atoms. The number of nitrogens with zero attached hydrogens (tertiary/aromatic N) is 4. The summed E-state index contributed by atoms with van der Waals surface area (Å²) in [5.41, 5.74) is 3.60. The maximum absolute atomic E-state index is 12.6. The van der Waals surface area contributed by atoms with Crippen LogP contribution in [0.25, 0.3) is 10.7 Å². The fraction of sp³-hybridized carbons (Fsp3) is 0.182. The molecule has 7 heteroatoms. The summed E-state index contributed by atoms with van der Waals surface area (Å²) in [5.74, 6) is -0.107. The Morgan fingerprint density at radius 2 is 1.93 bits per heavy atom. The molecule has 0 aliphatic rings. The number of hydrogen-bond acceptors (Lipinski definition) is 5. The predicted octanol–water partition coefficient (Wildman–Crippen LogP) is 3.88. The number of nitrogens with one attached hydrogen (secondary N) is 1. The molecule has 146 valence electrons. The number of carbonyl (C=O) groups excluding carboxylic acids is 1. The number of carbonyl (C=O) groups is 1. The van der Waals surface area contributed by atoms with Gasteiger partial charge >= 0.3 is 0 Å². The maximum atomic E-state index is 12.6. The van der Waals surface area contributed by atoms with Crippen LogP contribution in [-0.2, 0) is 19.5 Å². The van der Waals surface area contributed by atoms with Gasteiger partial charge in [-0.05, 0) is 30.7 Å². The number of thiazole rings is 1. The van der Waals surface area contributed by atoms with Gasteiger partial charge in [-0.15, -0.1) is 11.3 Å². The van der Waals surface area contributed by atoms with Gasteiger partial charge in [0.15, 0.2) is 0 Å². The summed E-state index contributed by atoms with van der Waals surface area (Å²) < 4.78 is 1.88. The van der Waals surface area contributed by atoms with Crippen molar-refractivity contribution in [1.29, 1.82) is 0 Å². The van der Waals surface area contributed by atoms with E-state index in [0.717, 1.165) is 40.6 Å². The van der Waals surface area contributed by atoms with E-state index >= 15 is 0 Å². The van der Waals surface area contributed by atoms with Crippen LogP contribution < -0.4 is 5.32 Å². The monoisotopic (exact) mass is 403 g/mol. The number of hydrogen-bond donors (Lipinski definition) is 1. The SMILES string of the molecule is Cc1nc(-c2ccn(CCc3ccccn3)n2)sc1C(=O)NCc1ccccc1. The highest BCUT2D eigenvalue weighted by molar-refractivity contribution is 7.17. The molecule has 1 N–H and O–H groups in total. The van der Waals surface area contributed by atoms with E-state index in [2.05, 4.69) is 20.4 Å². The second-order valence-corrected chi connectivity index (χ2v) is 7.64. The van der Waals surface area contributed by atoms with Crippen LogP contribution in [0.15, 0.2) is 67.0 Å². The molecule has 1 amide bonds. The molecule has 3 heterocycles. The maximum Gasteiger partial charge on any atom is 0.263 e. The average molecular weight is 404 g/mol. The Kier molecular flexibility index (Phi) is 5.76. The van der Waals surface area contributed by atoms with Gasteiger partial charge in [-0.2, -0.15) is 5.10 Å². The normalized spacial score (nSPS) is 10.8. The zero-order chi connectivity index (χ0) is 20.1. The zero-order valence-electron chi connectivity index (χ0n) is 16.1. The first-order valence-corrected chi connectivity index (χ1v) is 10.2. The lowest BCUT2D eigenvalue weighted by Gasteiger charge is -2.03. The van der Waals surface area contributed by atoms with E-state index in [0.29, 0.717) is 11.4 Å². The van der Waals surface area contributed by atoms with Gasteiger partial charge in [0, 0.05) is 37.6 Å². The smallest absolute Gasteiger partial charge is 0.263 e. The van der Waals surface area contributed by atoms with Crippen molar-refractivity contribution in [2.75, 3.05) is 0 Å². The molecule has 4 aromatic rings. The molecule has 0 atom stereocenters. The lowest BCUT2D eigenvalue weighted by Crippen LogP contribution is -2.22. The molecule has 1 aromatic carbocycles. The van der Waals surface area contributed by atoms with E-state index in [4.69, 9.17) is 0 Å². The standard InChI is InChI=1S/C22H21N5OS/c1-16-20(21(28)24-15-17-7-3-2-4-8-17)29-22(25-16)19-11-14-27(26-19)13-10-18-9-5-6-12-23-18/h2-9,11-12,14H,10,13,15H2,1H3,(H,24,28). The van der Waals surface area contributed by atoms with Crippen molar-refractivity contribution < 1.29 is 4.79 Å². The molecule has 29 heavy (non-hydrogen) atoms. The van der Waals surface area contributed by atoms with Crippen molar-refractivity contribution in [2.24, 2.45) is 0 Å². The molecular weight excluding hydrogens is 382 g/mol. The number of rotatable bonds is 7. The van der Waals surface area contributed by atoms with Gasteiger partial charge in [-0.1, -0.05) is 36.4 Å². The molecule has 0 radical (unpaired) electrons. The topological polar surface area (TPSA) is 72.7 Å². The van der Waals surface area contributed by atoms with Crippen molar-refractivity contribution in [3.8, 4) is 10.7 Å². The van der Waals surface area contributed by atoms with Crippen LogP contribution in [0.1, 0.15) is 26.6 Å². The first-order valence-electron chi connectivity index (χ1n) is 9.42. The summed E-state index contributed by atoms with van der Waals surface area (Å²) in [6.07, 6.45) is 4.54. The minimum Gasteiger partial charge on any atom is -0.347 e. The number of aromatic nitrogens is 4. The van der Waals surface area contributed by atoms with Crippen molar-refractivity contribution in [3.63, 3.8) is 0 Å². The molecule has 0 saturated carbocycles. The quantitative estimate of drug-likeness (QED) is 0.508. The average Bonchev–Trinajstić information content (AvgIpc) is 3.39. The van der Waals surface area contributed by atoms with E-state index in [-0.39, 0.29) is 5.91 Å². The minimum absolute atomic E-state index is 0.107. The third-order valence-electron chi connectivity index (χ3n) is 4.48. The highest BCUT2D eigenvalue weighted by Gasteiger charge is 2.17. The molecule has 0 fully saturated rings. The van der Waals surface area contributed by atoms with Crippen LogP contribution in [0.3, 0.4) is 0 Å². The van der Waals surface area contributed by atoms with Crippen LogP contribution in [-0.4, -0.2) is 25.7 Å². The molecular formula is C22H21N5OS. The fourth-order valence-electron chi connectivity index (χ4n) is 2.95. The van der Waals surface area contributed by atoms with E-state index in [1.54, 1.807) is 6.20 Å². The molecule has 4 rings (SSSR count). The largest absolute Gasteiger partial charge is 0.347 e. The zero-order valence-corrected chi connectivity index (χ0v) is 16.9. The van der Waals surface area contributed by atoms with E-state index in [9.17, 15) is 4.79 Å². The first-order chi connectivity index (χ1) is 14.2. The molecule has 6 nitrogen and oxygen atoms in total. The van der Waals surface area contributed by atoms with Gasteiger partial charge in [0.05, 0.1) is 5.69 Å². The Labute approximate surface area is 173 Å². The summed E-state index contributed by atoms with van der Waals surface area (Å²) >= 11 is 1.37. The van der Waals surface area contributed by atoms with Crippen LogP contribution >= 0.6 is 11.3 Å². The Morgan fingerprint density at radius 3 is 2.72 bits per heavy atom. The van der Waals surface area contributed by atoms with Gasteiger partial charge in [0.2, 0.25) is 0 Å². The van der Waals surface area contributed by atoms with E-state index in [1.807, 2.05) is 72.4 Å². The Hall–Kier alpha value is -3.32. The highest BCUT2D eigenvalue weighted by Crippen LogP contribution is 2.26. The summed E-state index contributed by atoms with van der Waals surface area (Å²) in [5, 5.41) is 8.33. The molecule has 0 unspecified atom stereocenters. The summed E-state index contributed by atoms with van der Waals surface area (Å²) in [6.45, 7) is 3.09. The van der Waals surface area contributed by atoms with Gasteiger partial charge < -0.3 is 5.32 Å². The van der Waals surface area contributed by atoms with Crippen LogP contribution in [0, 0.1) is 6.92 Å². The third kappa shape index (κ3) is 4.75. The lowest BCUT2D eigenvalue weighted by atomic mass is 10.2. The second-order valence-electron chi connectivity index (χ2n) is 6.64. The van der Waals surface area contributed by atoms with E-state index in [1.165, 1.54) is 11.3 Å². The van der Waals surface area contributed by atoms with Gasteiger partial charge in [0.1, 0.15) is 15.6 Å². The molecule has 0 spiro atoms. The van der Waals surface area contributed by atoms with Crippen LogP contribution in [0.4, 0.5) is 0 Å². The minimum atomic E-state index is -0.107. The number of pyridine rings is 1. The molecule has 0 aliphatic heterocycles. The van der Waals surface area contributed by atoms with Gasteiger partial charge in [-0.25, -0.2) is 4.98 Å². The molecule has 0 aliphatic carbocycles.